The van der Waals surface area contributed by atoms with Crippen molar-refractivity contribution < 1.29 is 14.3 Å². The van der Waals surface area contributed by atoms with Crippen LogP contribution in [0.2, 0.25) is 0 Å². The Labute approximate surface area is 144 Å². The number of para-hydroxylation sites is 1. The number of rotatable bonds is 2. The van der Waals surface area contributed by atoms with Crippen molar-refractivity contribution in [2.45, 2.75) is 33.3 Å². The zero-order chi connectivity index (χ0) is 17.5. The van der Waals surface area contributed by atoms with Crippen molar-refractivity contribution in [1.29, 1.82) is 0 Å². The molecule has 0 saturated heterocycles. The summed E-state index contributed by atoms with van der Waals surface area (Å²) in [6.45, 7) is 7.04. The number of Topliss-reactive ketones (excluding diaryl/α,β-unsaturated/α-hetero) is 1. The third kappa shape index (κ3) is 2.99. The quantitative estimate of drug-likeness (QED) is 0.590. The topological polar surface area (TPSA) is 48.3 Å². The number of nitrogens with zero attached hydrogens (tertiary/aromatic N) is 1. The first-order valence-corrected chi connectivity index (χ1v) is 8.58. The minimum absolute atomic E-state index is 0.0130. The zero-order valence-corrected chi connectivity index (χ0v) is 14.9. The fraction of sp³-hybridized carbons (Fsp3) is 0.263. The third-order valence-corrected chi connectivity index (χ3v) is 4.56. The maximum absolute atomic E-state index is 12.8. The summed E-state index contributed by atoms with van der Waals surface area (Å²) in [4.78, 5) is 25.3. The van der Waals surface area contributed by atoms with E-state index in [4.69, 9.17) is 4.74 Å². The first kappa shape index (κ1) is 16.5. The van der Waals surface area contributed by atoms with E-state index in [0.29, 0.717) is 10.6 Å². The van der Waals surface area contributed by atoms with Crippen LogP contribution in [0.3, 0.4) is 0 Å². The number of carbonyl (C=O) groups is 2. The predicted octanol–water partition coefficient (Wildman–Crippen LogP) is 5.36. The number of ketones is 1. The predicted molar refractivity (Wildman–Crippen MR) is 96.9 cm³/mol. The van der Waals surface area contributed by atoms with E-state index in [9.17, 15) is 9.59 Å². The van der Waals surface area contributed by atoms with E-state index in [1.165, 1.54) is 18.3 Å². The van der Waals surface area contributed by atoms with Gasteiger partial charge < -0.3 is 4.74 Å². The van der Waals surface area contributed by atoms with E-state index >= 15 is 0 Å². The van der Waals surface area contributed by atoms with Gasteiger partial charge in [-0.3, -0.25) is 4.79 Å². The highest BCUT2D eigenvalue weighted by Gasteiger charge is 2.24. The summed E-state index contributed by atoms with van der Waals surface area (Å²) < 4.78 is 7.12. The van der Waals surface area contributed by atoms with E-state index in [1.54, 1.807) is 4.57 Å². The molecule has 0 radical (unpaired) electrons. The average Bonchev–Trinajstić information content (AvgIpc) is 3.09. The van der Waals surface area contributed by atoms with Gasteiger partial charge in [0.1, 0.15) is 5.60 Å². The summed E-state index contributed by atoms with van der Waals surface area (Å²) in [7, 11) is 0. The van der Waals surface area contributed by atoms with Crippen molar-refractivity contribution >= 4 is 34.1 Å². The largest absolute Gasteiger partial charge is 0.443 e. The summed E-state index contributed by atoms with van der Waals surface area (Å²) >= 11 is 1.38. The zero-order valence-electron chi connectivity index (χ0n) is 14.1. The van der Waals surface area contributed by atoms with Crippen molar-refractivity contribution in [3.8, 4) is 11.3 Å². The van der Waals surface area contributed by atoms with Crippen LogP contribution in [0, 0.1) is 0 Å². The minimum Gasteiger partial charge on any atom is -0.443 e. The molecular weight excluding hydrogens is 322 g/mol. The molecule has 2 aromatic heterocycles. The number of ether oxygens (including phenoxy) is 1. The molecule has 0 aliphatic rings. The van der Waals surface area contributed by atoms with Crippen molar-refractivity contribution in [2.24, 2.45) is 0 Å². The molecule has 0 spiro atoms. The van der Waals surface area contributed by atoms with Crippen LogP contribution in [0.1, 0.15) is 37.4 Å². The fourth-order valence-corrected chi connectivity index (χ4v) is 3.45. The van der Waals surface area contributed by atoms with Gasteiger partial charge in [0.2, 0.25) is 0 Å². The van der Waals surface area contributed by atoms with E-state index in [2.05, 4.69) is 0 Å². The second-order valence-corrected chi connectivity index (χ2v) is 7.54. The number of hydrogen-bond acceptors (Lipinski definition) is 4. The summed E-state index contributed by atoms with van der Waals surface area (Å²) in [6, 6.07) is 11.4. The van der Waals surface area contributed by atoms with Crippen LogP contribution in [0.15, 0.2) is 41.8 Å². The van der Waals surface area contributed by atoms with E-state index in [1.807, 2.05) is 62.5 Å². The van der Waals surface area contributed by atoms with Gasteiger partial charge in [-0.15, -0.1) is 11.3 Å². The Morgan fingerprint density at radius 2 is 1.83 bits per heavy atom. The lowest BCUT2D eigenvalue weighted by molar-refractivity contribution is 0.0547. The maximum atomic E-state index is 12.8. The molecule has 0 aliphatic heterocycles. The van der Waals surface area contributed by atoms with Crippen molar-refractivity contribution in [3.05, 3.63) is 46.7 Å². The molecule has 2 heterocycles. The van der Waals surface area contributed by atoms with Gasteiger partial charge in [0, 0.05) is 10.9 Å². The number of benzene rings is 1. The Morgan fingerprint density at radius 1 is 1.12 bits per heavy atom. The van der Waals surface area contributed by atoms with Gasteiger partial charge >= 0.3 is 6.09 Å². The normalized spacial score (nSPS) is 11.7. The van der Waals surface area contributed by atoms with Gasteiger partial charge in [-0.1, -0.05) is 18.2 Å². The molecular formula is C19H19NO3S. The Morgan fingerprint density at radius 3 is 2.50 bits per heavy atom. The second-order valence-electron chi connectivity index (χ2n) is 6.62. The number of fused-ring (bicyclic) bond motifs is 1. The molecule has 0 N–H and O–H groups in total. The van der Waals surface area contributed by atoms with Crippen molar-refractivity contribution in [2.75, 3.05) is 0 Å². The Balaban J connectivity index is 2.24. The summed E-state index contributed by atoms with van der Waals surface area (Å²) in [5.41, 5.74) is 1.60. The first-order valence-electron chi connectivity index (χ1n) is 7.70. The highest BCUT2D eigenvalue weighted by Crippen LogP contribution is 2.34. The van der Waals surface area contributed by atoms with E-state index < -0.39 is 11.7 Å². The maximum Gasteiger partial charge on any atom is 0.419 e. The SMILES string of the molecule is CC(=O)c1sccc1-c1cc2ccccc2n1C(=O)OC(C)(C)C. The Kier molecular flexibility index (Phi) is 4.05. The average molecular weight is 341 g/mol. The molecule has 0 atom stereocenters. The summed E-state index contributed by atoms with van der Waals surface area (Å²) in [5.74, 6) is -0.0130. The first-order chi connectivity index (χ1) is 11.3. The number of carbonyl (C=O) groups excluding carboxylic acids is 2. The number of aromatic nitrogens is 1. The molecule has 4 nitrogen and oxygen atoms in total. The van der Waals surface area contributed by atoms with Crippen LogP contribution in [-0.4, -0.2) is 22.0 Å². The highest BCUT2D eigenvalue weighted by molar-refractivity contribution is 7.12. The van der Waals surface area contributed by atoms with Crippen LogP contribution in [-0.2, 0) is 4.74 Å². The summed E-state index contributed by atoms with van der Waals surface area (Å²) in [6.07, 6.45) is -0.445. The van der Waals surface area contributed by atoms with Crippen LogP contribution < -0.4 is 0 Å². The minimum atomic E-state index is -0.599. The molecule has 3 aromatic rings. The number of hydrogen-bond donors (Lipinski definition) is 0. The molecule has 0 amide bonds. The van der Waals surface area contributed by atoms with E-state index in [0.717, 1.165) is 16.5 Å². The Bertz CT molecular complexity index is 928. The smallest absolute Gasteiger partial charge is 0.419 e. The second kappa shape index (κ2) is 5.91. The molecule has 5 heteroatoms. The molecule has 0 aliphatic carbocycles. The Hall–Kier alpha value is -2.40. The molecule has 1 aromatic carbocycles. The number of thiophene rings is 1. The fourth-order valence-electron chi connectivity index (χ4n) is 2.64. The molecule has 0 saturated carbocycles. The van der Waals surface area contributed by atoms with Crippen molar-refractivity contribution in [1.82, 2.24) is 4.57 Å². The molecule has 3 rings (SSSR count). The lowest BCUT2D eigenvalue weighted by Crippen LogP contribution is -2.27. The molecule has 0 fully saturated rings. The van der Waals surface area contributed by atoms with Crippen LogP contribution in [0.4, 0.5) is 4.79 Å². The van der Waals surface area contributed by atoms with Crippen LogP contribution in [0.5, 0.6) is 0 Å². The highest BCUT2D eigenvalue weighted by atomic mass is 32.1. The van der Waals surface area contributed by atoms with Gasteiger partial charge in [-0.2, -0.15) is 0 Å². The monoisotopic (exact) mass is 341 g/mol. The lowest BCUT2D eigenvalue weighted by Gasteiger charge is -2.21. The molecule has 0 bridgehead atoms. The van der Waals surface area contributed by atoms with Gasteiger partial charge in [-0.05, 0) is 51.3 Å². The van der Waals surface area contributed by atoms with Gasteiger partial charge in [-0.25, -0.2) is 9.36 Å². The van der Waals surface area contributed by atoms with E-state index in [-0.39, 0.29) is 5.78 Å². The summed E-state index contributed by atoms with van der Waals surface area (Å²) in [5, 5.41) is 2.79. The third-order valence-electron chi connectivity index (χ3n) is 3.55. The lowest BCUT2D eigenvalue weighted by atomic mass is 10.1. The van der Waals surface area contributed by atoms with Gasteiger partial charge in [0.15, 0.2) is 5.78 Å². The van der Waals surface area contributed by atoms with Gasteiger partial charge in [0.25, 0.3) is 0 Å². The molecule has 0 unspecified atom stereocenters. The van der Waals surface area contributed by atoms with Crippen LogP contribution in [0.25, 0.3) is 22.2 Å². The molecule has 124 valence electrons. The molecule has 24 heavy (non-hydrogen) atoms. The van der Waals surface area contributed by atoms with Crippen molar-refractivity contribution in [3.63, 3.8) is 0 Å². The van der Waals surface area contributed by atoms with Gasteiger partial charge in [0.05, 0.1) is 16.1 Å². The van der Waals surface area contributed by atoms with Crippen LogP contribution >= 0.6 is 11.3 Å². The standard InChI is InChI=1S/C19H19NO3S/c1-12(21)17-14(9-10-24-17)16-11-13-7-5-6-8-15(13)20(16)18(22)23-19(2,3)4/h5-11H,1-4H3.